The summed E-state index contributed by atoms with van der Waals surface area (Å²) in [5.74, 6) is 0.758. The lowest BCUT2D eigenvalue weighted by molar-refractivity contribution is -0.117. The summed E-state index contributed by atoms with van der Waals surface area (Å²) in [6.45, 7) is 5.97. The van der Waals surface area contributed by atoms with Gasteiger partial charge in [-0.3, -0.25) is 4.79 Å². The average Bonchev–Trinajstić information content (AvgIpc) is 2.94. The second-order valence-corrected chi connectivity index (χ2v) is 4.91. The molecule has 1 aromatic rings. The Bertz CT molecular complexity index is 395. The maximum Gasteiger partial charge on any atom is 0.242 e. The van der Waals surface area contributed by atoms with Gasteiger partial charge in [-0.25, -0.2) is 4.68 Å². The highest BCUT2D eigenvalue weighted by atomic mass is 16.2. The first-order valence-corrected chi connectivity index (χ1v) is 6.18. The largest absolute Gasteiger partial charge is 0.310 e. The Hall–Kier alpha value is -1.36. The Kier molecular flexibility index (Phi) is 3.47. The van der Waals surface area contributed by atoms with Crippen LogP contribution in [0.2, 0.25) is 0 Å². The van der Waals surface area contributed by atoms with E-state index in [2.05, 4.69) is 15.7 Å². The molecule has 0 aromatic carbocycles. The van der Waals surface area contributed by atoms with Gasteiger partial charge in [-0.15, -0.1) is 0 Å². The fourth-order valence-corrected chi connectivity index (χ4v) is 1.74. The average molecular weight is 236 g/mol. The molecule has 1 heterocycles. The van der Waals surface area contributed by atoms with Gasteiger partial charge in [0.1, 0.15) is 5.82 Å². The molecule has 1 aliphatic rings. The fourth-order valence-electron chi connectivity index (χ4n) is 1.74. The quantitative estimate of drug-likeness (QED) is 0.815. The Morgan fingerprint density at radius 1 is 1.47 bits per heavy atom. The van der Waals surface area contributed by atoms with Crippen molar-refractivity contribution in [2.45, 2.75) is 51.7 Å². The summed E-state index contributed by atoms with van der Waals surface area (Å²) in [4.78, 5) is 11.9. The molecular weight excluding hydrogens is 216 g/mol. The minimum absolute atomic E-state index is 0.000648. The van der Waals surface area contributed by atoms with Crippen LogP contribution in [0.1, 0.15) is 39.7 Å². The molecule has 1 aromatic heterocycles. The second kappa shape index (κ2) is 4.87. The van der Waals surface area contributed by atoms with E-state index < -0.39 is 0 Å². The van der Waals surface area contributed by atoms with Crippen molar-refractivity contribution in [3.63, 3.8) is 0 Å². The predicted molar refractivity (Wildman–Crippen MR) is 66.9 cm³/mol. The molecular formula is C12H20N4O. The van der Waals surface area contributed by atoms with Crippen LogP contribution in [0, 0.1) is 0 Å². The molecule has 0 saturated heterocycles. The Morgan fingerprint density at radius 2 is 2.18 bits per heavy atom. The summed E-state index contributed by atoms with van der Waals surface area (Å²) in [5, 5.41) is 10.4. The minimum Gasteiger partial charge on any atom is -0.310 e. The Morgan fingerprint density at radius 3 is 2.76 bits per heavy atom. The van der Waals surface area contributed by atoms with Gasteiger partial charge < -0.3 is 10.6 Å². The maximum absolute atomic E-state index is 11.9. The van der Waals surface area contributed by atoms with Crippen molar-refractivity contribution < 1.29 is 4.79 Å². The zero-order chi connectivity index (χ0) is 12.4. The standard InChI is InChI=1S/C12H20N4O/c1-8(2)16-11(6-7-13-16)15-12(17)9(3)14-10-4-5-10/h6-10,14H,4-5H2,1-3H3,(H,15,17). The number of nitrogens with one attached hydrogen (secondary N) is 2. The van der Waals surface area contributed by atoms with Crippen LogP contribution in [0.3, 0.4) is 0 Å². The van der Waals surface area contributed by atoms with E-state index in [1.165, 1.54) is 12.8 Å². The topological polar surface area (TPSA) is 59.0 Å². The molecule has 1 aliphatic carbocycles. The van der Waals surface area contributed by atoms with Gasteiger partial charge in [-0.05, 0) is 33.6 Å². The number of anilines is 1. The molecule has 17 heavy (non-hydrogen) atoms. The molecule has 5 nitrogen and oxygen atoms in total. The molecule has 0 radical (unpaired) electrons. The second-order valence-electron chi connectivity index (χ2n) is 4.91. The summed E-state index contributed by atoms with van der Waals surface area (Å²) in [6, 6.07) is 2.44. The molecule has 2 rings (SSSR count). The number of amides is 1. The van der Waals surface area contributed by atoms with E-state index in [0.29, 0.717) is 6.04 Å². The Labute approximate surface area is 102 Å². The maximum atomic E-state index is 11.9. The molecule has 1 amide bonds. The van der Waals surface area contributed by atoms with Gasteiger partial charge in [-0.2, -0.15) is 5.10 Å². The summed E-state index contributed by atoms with van der Waals surface area (Å²) >= 11 is 0. The van der Waals surface area contributed by atoms with Crippen molar-refractivity contribution >= 4 is 11.7 Å². The van der Waals surface area contributed by atoms with Crippen LogP contribution in [0.25, 0.3) is 0 Å². The lowest BCUT2D eigenvalue weighted by Gasteiger charge is -2.15. The summed E-state index contributed by atoms with van der Waals surface area (Å²) in [6.07, 6.45) is 4.07. The zero-order valence-electron chi connectivity index (χ0n) is 10.6. The summed E-state index contributed by atoms with van der Waals surface area (Å²) < 4.78 is 1.81. The van der Waals surface area contributed by atoms with E-state index in [0.717, 1.165) is 5.82 Å². The molecule has 1 saturated carbocycles. The molecule has 0 bridgehead atoms. The van der Waals surface area contributed by atoms with Crippen LogP contribution in [0.5, 0.6) is 0 Å². The third-order valence-corrected chi connectivity index (χ3v) is 2.87. The van der Waals surface area contributed by atoms with Crippen LogP contribution >= 0.6 is 0 Å². The van der Waals surface area contributed by atoms with Crippen LogP contribution in [-0.2, 0) is 4.79 Å². The van der Waals surface area contributed by atoms with E-state index in [1.54, 1.807) is 6.20 Å². The van der Waals surface area contributed by atoms with E-state index in [1.807, 2.05) is 31.5 Å². The van der Waals surface area contributed by atoms with Crippen molar-refractivity contribution in [3.05, 3.63) is 12.3 Å². The highest BCUT2D eigenvalue weighted by molar-refractivity contribution is 5.93. The van der Waals surface area contributed by atoms with Crippen LogP contribution in [0.15, 0.2) is 12.3 Å². The number of rotatable bonds is 5. The molecule has 1 atom stereocenters. The lowest BCUT2D eigenvalue weighted by Crippen LogP contribution is -2.39. The first kappa shape index (κ1) is 12.1. The zero-order valence-corrected chi connectivity index (χ0v) is 10.6. The van der Waals surface area contributed by atoms with Crippen molar-refractivity contribution in [3.8, 4) is 0 Å². The number of nitrogens with zero attached hydrogens (tertiary/aromatic N) is 2. The number of hydrogen-bond donors (Lipinski definition) is 2. The van der Waals surface area contributed by atoms with E-state index in [4.69, 9.17) is 0 Å². The lowest BCUT2D eigenvalue weighted by atomic mass is 10.3. The first-order chi connectivity index (χ1) is 8.08. The number of hydrogen-bond acceptors (Lipinski definition) is 3. The van der Waals surface area contributed by atoms with Gasteiger partial charge in [0.15, 0.2) is 0 Å². The Balaban J connectivity index is 1.94. The highest BCUT2D eigenvalue weighted by Gasteiger charge is 2.26. The van der Waals surface area contributed by atoms with Crippen LogP contribution in [0.4, 0.5) is 5.82 Å². The summed E-state index contributed by atoms with van der Waals surface area (Å²) in [7, 11) is 0. The number of carbonyl (C=O) groups is 1. The van der Waals surface area contributed by atoms with Crippen LogP contribution in [-0.4, -0.2) is 27.8 Å². The summed E-state index contributed by atoms with van der Waals surface area (Å²) in [5.41, 5.74) is 0. The van der Waals surface area contributed by atoms with E-state index >= 15 is 0 Å². The number of aromatic nitrogens is 2. The van der Waals surface area contributed by atoms with E-state index in [9.17, 15) is 4.79 Å². The molecule has 1 unspecified atom stereocenters. The van der Waals surface area contributed by atoms with Crippen molar-refractivity contribution in [1.29, 1.82) is 0 Å². The molecule has 5 heteroatoms. The number of carbonyl (C=O) groups excluding carboxylic acids is 1. The van der Waals surface area contributed by atoms with Gasteiger partial charge in [0.25, 0.3) is 0 Å². The van der Waals surface area contributed by atoms with Gasteiger partial charge in [0.2, 0.25) is 5.91 Å². The van der Waals surface area contributed by atoms with Gasteiger partial charge in [0.05, 0.1) is 12.2 Å². The van der Waals surface area contributed by atoms with Crippen molar-refractivity contribution in [2.24, 2.45) is 0 Å². The molecule has 1 fully saturated rings. The normalized spacial score (nSPS) is 17.2. The molecule has 0 spiro atoms. The van der Waals surface area contributed by atoms with Crippen molar-refractivity contribution in [1.82, 2.24) is 15.1 Å². The van der Waals surface area contributed by atoms with Gasteiger partial charge >= 0.3 is 0 Å². The van der Waals surface area contributed by atoms with Crippen LogP contribution < -0.4 is 10.6 Å². The predicted octanol–water partition coefficient (Wildman–Crippen LogP) is 1.54. The molecule has 0 aliphatic heterocycles. The third kappa shape index (κ3) is 3.06. The smallest absolute Gasteiger partial charge is 0.242 e. The highest BCUT2D eigenvalue weighted by Crippen LogP contribution is 2.19. The van der Waals surface area contributed by atoms with E-state index in [-0.39, 0.29) is 18.0 Å². The minimum atomic E-state index is -0.155. The SMILES string of the molecule is CC(NC1CC1)C(=O)Nc1ccnn1C(C)C. The molecule has 2 N–H and O–H groups in total. The van der Waals surface area contributed by atoms with Gasteiger partial charge in [-0.1, -0.05) is 0 Å². The first-order valence-electron chi connectivity index (χ1n) is 6.18. The fraction of sp³-hybridized carbons (Fsp3) is 0.667. The monoisotopic (exact) mass is 236 g/mol. The molecule has 94 valence electrons. The van der Waals surface area contributed by atoms with Gasteiger partial charge in [0, 0.05) is 18.2 Å². The third-order valence-electron chi connectivity index (χ3n) is 2.87. The van der Waals surface area contributed by atoms with Crippen molar-refractivity contribution in [2.75, 3.05) is 5.32 Å².